The lowest BCUT2D eigenvalue weighted by Crippen LogP contribution is -2.24. The Balaban J connectivity index is 1.51. The van der Waals surface area contributed by atoms with Gasteiger partial charge in [0.2, 0.25) is 10.0 Å². The SMILES string of the molecule is C[C@H](NS(=O)(=O)/C=C/c1n[nH]c2c1CCCC[C@H]2Cc1cccc(F)c1)c1ccccc1. The first-order valence-corrected chi connectivity index (χ1v) is 12.5. The number of nitrogens with one attached hydrogen (secondary N) is 2. The Labute approximate surface area is 188 Å². The summed E-state index contributed by atoms with van der Waals surface area (Å²) in [5.74, 6) is -0.0243. The molecular weight excluding hydrogens is 425 g/mol. The number of fused-ring (bicyclic) bond motifs is 1. The lowest BCUT2D eigenvalue weighted by Gasteiger charge is -2.14. The summed E-state index contributed by atoms with van der Waals surface area (Å²) in [5.41, 5.74) is 4.61. The molecule has 0 saturated carbocycles. The van der Waals surface area contributed by atoms with Crippen molar-refractivity contribution < 1.29 is 12.8 Å². The fourth-order valence-electron chi connectivity index (χ4n) is 4.37. The second-order valence-electron chi connectivity index (χ2n) is 8.38. The zero-order chi connectivity index (χ0) is 22.6. The van der Waals surface area contributed by atoms with Gasteiger partial charge < -0.3 is 0 Å². The molecule has 32 heavy (non-hydrogen) atoms. The van der Waals surface area contributed by atoms with Gasteiger partial charge in [0, 0.05) is 28.6 Å². The highest BCUT2D eigenvalue weighted by atomic mass is 32.2. The van der Waals surface area contributed by atoms with Crippen LogP contribution in [0.15, 0.2) is 60.0 Å². The lowest BCUT2D eigenvalue weighted by atomic mass is 9.91. The first kappa shape index (κ1) is 22.4. The fraction of sp³-hybridized carbons (Fsp3) is 0.320. The van der Waals surface area contributed by atoms with Crippen LogP contribution in [0, 0.1) is 5.82 Å². The van der Waals surface area contributed by atoms with Crippen molar-refractivity contribution in [1.82, 2.24) is 14.9 Å². The van der Waals surface area contributed by atoms with Gasteiger partial charge in [0.1, 0.15) is 5.82 Å². The zero-order valence-electron chi connectivity index (χ0n) is 18.1. The van der Waals surface area contributed by atoms with Crippen LogP contribution in [0.5, 0.6) is 0 Å². The Kier molecular flexibility index (Phi) is 6.86. The Hall–Kier alpha value is -2.77. The average Bonchev–Trinajstić information content (AvgIpc) is 3.07. The van der Waals surface area contributed by atoms with Crippen molar-refractivity contribution >= 4 is 16.1 Å². The van der Waals surface area contributed by atoms with Crippen molar-refractivity contribution in [3.63, 3.8) is 0 Å². The molecule has 0 spiro atoms. The monoisotopic (exact) mass is 453 g/mol. The molecule has 2 N–H and O–H groups in total. The number of halogens is 1. The second-order valence-corrected chi connectivity index (χ2v) is 9.97. The Morgan fingerprint density at radius 2 is 2.00 bits per heavy atom. The van der Waals surface area contributed by atoms with Gasteiger partial charge in [-0.1, -0.05) is 48.9 Å². The van der Waals surface area contributed by atoms with Crippen molar-refractivity contribution in [2.24, 2.45) is 0 Å². The standard InChI is InChI=1S/C25H28FN3O2S/c1-18(20-9-3-2-4-10-20)29-32(30,31)15-14-24-23-13-6-5-11-21(25(23)28-27-24)16-19-8-7-12-22(26)17-19/h2-4,7-10,12,14-15,17-18,21,29H,5-6,11,13,16H2,1H3,(H,27,28)/b15-14+/t18-,21-/m0/s1. The van der Waals surface area contributed by atoms with Crippen LogP contribution in [0.4, 0.5) is 4.39 Å². The third kappa shape index (κ3) is 5.53. The van der Waals surface area contributed by atoms with Crippen LogP contribution >= 0.6 is 0 Å². The van der Waals surface area contributed by atoms with Crippen LogP contribution in [-0.2, 0) is 22.9 Å². The molecule has 1 aliphatic rings. The average molecular weight is 454 g/mol. The molecule has 0 fully saturated rings. The van der Waals surface area contributed by atoms with Crippen molar-refractivity contribution in [3.05, 3.63) is 93.9 Å². The highest BCUT2D eigenvalue weighted by Gasteiger charge is 2.24. The maximum Gasteiger partial charge on any atom is 0.234 e. The molecule has 4 rings (SSSR count). The Morgan fingerprint density at radius 1 is 1.19 bits per heavy atom. The molecule has 2 atom stereocenters. The molecule has 0 radical (unpaired) electrons. The molecule has 1 heterocycles. The third-order valence-electron chi connectivity index (χ3n) is 5.99. The van der Waals surface area contributed by atoms with Gasteiger partial charge in [0.05, 0.1) is 5.69 Å². The van der Waals surface area contributed by atoms with E-state index >= 15 is 0 Å². The number of rotatable bonds is 7. The normalized spacial score (nSPS) is 17.8. The predicted octanol–water partition coefficient (Wildman–Crippen LogP) is 5.25. The number of benzene rings is 2. The van der Waals surface area contributed by atoms with E-state index in [1.807, 2.05) is 43.3 Å². The summed E-state index contributed by atoms with van der Waals surface area (Å²) >= 11 is 0. The minimum atomic E-state index is -3.63. The van der Waals surface area contributed by atoms with Crippen molar-refractivity contribution in [3.8, 4) is 0 Å². The van der Waals surface area contributed by atoms with E-state index in [1.165, 1.54) is 11.5 Å². The van der Waals surface area contributed by atoms with Gasteiger partial charge in [0.15, 0.2) is 0 Å². The van der Waals surface area contributed by atoms with Gasteiger partial charge in [0.25, 0.3) is 0 Å². The van der Waals surface area contributed by atoms with Crippen LogP contribution in [0.3, 0.4) is 0 Å². The molecule has 3 aromatic rings. The van der Waals surface area contributed by atoms with Gasteiger partial charge >= 0.3 is 0 Å². The zero-order valence-corrected chi connectivity index (χ0v) is 18.9. The van der Waals surface area contributed by atoms with Crippen LogP contribution in [0.25, 0.3) is 6.08 Å². The number of hydrogen-bond donors (Lipinski definition) is 2. The number of H-pyrrole nitrogens is 1. The third-order valence-corrected chi connectivity index (χ3v) is 7.16. The van der Waals surface area contributed by atoms with Crippen LogP contribution in [0.2, 0.25) is 0 Å². The Morgan fingerprint density at radius 3 is 2.78 bits per heavy atom. The van der Waals surface area contributed by atoms with E-state index in [4.69, 9.17) is 0 Å². The van der Waals surface area contributed by atoms with E-state index in [0.29, 0.717) is 5.69 Å². The molecule has 0 bridgehead atoms. The molecule has 1 aliphatic carbocycles. The van der Waals surface area contributed by atoms with E-state index in [2.05, 4.69) is 14.9 Å². The highest BCUT2D eigenvalue weighted by molar-refractivity contribution is 7.92. The molecule has 1 aromatic heterocycles. The van der Waals surface area contributed by atoms with E-state index in [9.17, 15) is 12.8 Å². The molecule has 168 valence electrons. The first-order chi connectivity index (χ1) is 15.4. The summed E-state index contributed by atoms with van der Waals surface area (Å²) in [5, 5.41) is 8.74. The summed E-state index contributed by atoms with van der Waals surface area (Å²) in [7, 11) is -3.63. The van der Waals surface area contributed by atoms with Crippen molar-refractivity contribution in [2.45, 2.75) is 51.0 Å². The molecule has 0 aliphatic heterocycles. The van der Waals surface area contributed by atoms with Gasteiger partial charge in [-0.2, -0.15) is 5.10 Å². The molecule has 0 amide bonds. The van der Waals surface area contributed by atoms with Crippen molar-refractivity contribution in [1.29, 1.82) is 0 Å². The summed E-state index contributed by atoms with van der Waals surface area (Å²) < 4.78 is 41.5. The molecule has 0 unspecified atom stereocenters. The maximum absolute atomic E-state index is 13.6. The summed E-state index contributed by atoms with van der Waals surface area (Å²) in [6.07, 6.45) is 6.22. The topological polar surface area (TPSA) is 74.8 Å². The number of aromatic amines is 1. The number of nitrogens with zero attached hydrogens (tertiary/aromatic N) is 1. The van der Waals surface area contributed by atoms with E-state index in [1.54, 1.807) is 18.2 Å². The fourth-order valence-corrected chi connectivity index (χ4v) is 5.39. The molecule has 0 saturated heterocycles. The van der Waals surface area contributed by atoms with Crippen molar-refractivity contribution in [2.75, 3.05) is 0 Å². The smallest absolute Gasteiger partial charge is 0.234 e. The van der Waals surface area contributed by atoms with E-state index in [0.717, 1.165) is 54.5 Å². The number of aromatic nitrogens is 2. The summed E-state index contributed by atoms with van der Waals surface area (Å²) in [6.45, 7) is 1.82. The van der Waals surface area contributed by atoms with Gasteiger partial charge in [-0.3, -0.25) is 5.10 Å². The minimum Gasteiger partial charge on any atom is -0.281 e. The molecule has 2 aromatic carbocycles. The molecular formula is C25H28FN3O2S. The minimum absolute atomic E-state index is 0.205. The maximum atomic E-state index is 13.6. The van der Waals surface area contributed by atoms with Gasteiger partial charge in [-0.25, -0.2) is 17.5 Å². The summed E-state index contributed by atoms with van der Waals surface area (Å²) in [4.78, 5) is 0. The van der Waals surface area contributed by atoms with Crippen LogP contribution < -0.4 is 4.72 Å². The Bertz CT molecular complexity index is 1190. The van der Waals surface area contributed by atoms with E-state index in [-0.39, 0.29) is 17.8 Å². The highest BCUT2D eigenvalue weighted by Crippen LogP contribution is 2.33. The summed E-state index contributed by atoms with van der Waals surface area (Å²) in [6, 6.07) is 15.8. The predicted molar refractivity (Wildman–Crippen MR) is 125 cm³/mol. The molecule has 7 heteroatoms. The number of hydrogen-bond acceptors (Lipinski definition) is 3. The van der Waals surface area contributed by atoms with Gasteiger partial charge in [-0.15, -0.1) is 0 Å². The van der Waals surface area contributed by atoms with Crippen LogP contribution in [0.1, 0.15) is 66.2 Å². The van der Waals surface area contributed by atoms with E-state index < -0.39 is 10.0 Å². The lowest BCUT2D eigenvalue weighted by molar-refractivity contribution is 0.573. The number of sulfonamides is 1. The van der Waals surface area contributed by atoms with Crippen LogP contribution in [-0.4, -0.2) is 18.6 Å². The first-order valence-electron chi connectivity index (χ1n) is 11.0. The molecule has 5 nitrogen and oxygen atoms in total. The second kappa shape index (κ2) is 9.79. The van der Waals surface area contributed by atoms with Gasteiger partial charge in [-0.05, 0) is 61.9 Å². The largest absolute Gasteiger partial charge is 0.281 e. The quantitative estimate of drug-likeness (QED) is 0.480.